The van der Waals surface area contributed by atoms with Gasteiger partial charge in [-0.1, -0.05) is 23.7 Å². The van der Waals surface area contributed by atoms with E-state index in [9.17, 15) is 4.79 Å². The third-order valence-electron chi connectivity index (χ3n) is 3.90. The van der Waals surface area contributed by atoms with Crippen LogP contribution in [0.3, 0.4) is 0 Å². The van der Waals surface area contributed by atoms with E-state index in [0.29, 0.717) is 10.6 Å². The van der Waals surface area contributed by atoms with Crippen molar-refractivity contribution in [3.63, 3.8) is 0 Å². The van der Waals surface area contributed by atoms with Gasteiger partial charge < -0.3 is 5.32 Å². The predicted octanol–water partition coefficient (Wildman–Crippen LogP) is 4.16. The van der Waals surface area contributed by atoms with Gasteiger partial charge in [0.1, 0.15) is 0 Å². The van der Waals surface area contributed by atoms with Crippen LogP contribution in [0, 0.1) is 0 Å². The number of carbonyl (C=O) groups is 1. The molecule has 124 valence electrons. The Kier molecular flexibility index (Phi) is 4.53. The van der Waals surface area contributed by atoms with Gasteiger partial charge in [0, 0.05) is 22.6 Å². The second-order valence-electron chi connectivity index (χ2n) is 6.07. The molecule has 0 aliphatic heterocycles. The lowest BCUT2D eigenvalue weighted by atomic mass is 10.1. The van der Waals surface area contributed by atoms with Crippen LogP contribution in [0.25, 0.3) is 11.0 Å². The van der Waals surface area contributed by atoms with Gasteiger partial charge in [-0.2, -0.15) is 5.10 Å². The number of aromatic nitrogens is 3. The molecule has 1 amide bonds. The van der Waals surface area contributed by atoms with E-state index in [2.05, 4.69) is 15.4 Å². The Morgan fingerprint density at radius 1 is 1.17 bits per heavy atom. The fourth-order valence-electron chi connectivity index (χ4n) is 2.56. The first kappa shape index (κ1) is 16.5. The number of nitrogens with zero attached hydrogens (tertiary/aromatic N) is 3. The lowest BCUT2D eigenvalue weighted by molar-refractivity contribution is 0.0939. The van der Waals surface area contributed by atoms with Crippen molar-refractivity contribution in [2.45, 2.75) is 32.9 Å². The molecule has 0 bridgehead atoms. The largest absolute Gasteiger partial charge is 0.345 e. The van der Waals surface area contributed by atoms with Gasteiger partial charge in [-0.3, -0.25) is 4.79 Å². The highest BCUT2D eigenvalue weighted by Crippen LogP contribution is 2.19. The van der Waals surface area contributed by atoms with E-state index in [1.54, 1.807) is 12.4 Å². The number of pyridine rings is 1. The van der Waals surface area contributed by atoms with Crippen LogP contribution in [0.4, 0.5) is 0 Å². The summed E-state index contributed by atoms with van der Waals surface area (Å²) in [6, 6.07) is 9.35. The standard InChI is InChI=1S/C18H19ClN4O/c1-11(2)23-17-14(10-21-23)8-15(9-20-17)18(24)22-12(3)13-4-6-16(19)7-5-13/h4-12H,1-3H3,(H,22,24)/t12-/m0/s1. The molecule has 5 nitrogen and oxygen atoms in total. The van der Waals surface area contributed by atoms with E-state index >= 15 is 0 Å². The SMILES string of the molecule is CC(C)n1ncc2cc(C(=O)N[C@@H](C)c3ccc(Cl)cc3)cnc21. The molecule has 2 aromatic heterocycles. The summed E-state index contributed by atoms with van der Waals surface area (Å²) in [6.45, 7) is 6.02. The Hall–Kier alpha value is -2.40. The Labute approximate surface area is 145 Å². The molecule has 0 aliphatic rings. The fourth-order valence-corrected chi connectivity index (χ4v) is 2.68. The van der Waals surface area contributed by atoms with Crippen LogP contribution in [0.5, 0.6) is 0 Å². The third kappa shape index (κ3) is 3.26. The normalized spacial score (nSPS) is 12.5. The number of halogens is 1. The second kappa shape index (κ2) is 6.61. The molecule has 1 aromatic carbocycles. The molecule has 3 rings (SSSR count). The van der Waals surface area contributed by atoms with Crippen molar-refractivity contribution in [1.82, 2.24) is 20.1 Å². The Morgan fingerprint density at radius 2 is 1.88 bits per heavy atom. The zero-order valence-corrected chi connectivity index (χ0v) is 14.6. The van der Waals surface area contributed by atoms with Gasteiger partial charge in [0.25, 0.3) is 5.91 Å². The highest BCUT2D eigenvalue weighted by Gasteiger charge is 2.14. The zero-order chi connectivity index (χ0) is 17.3. The highest BCUT2D eigenvalue weighted by atomic mass is 35.5. The van der Waals surface area contributed by atoms with Gasteiger partial charge in [-0.15, -0.1) is 0 Å². The molecule has 0 saturated carbocycles. The van der Waals surface area contributed by atoms with Crippen molar-refractivity contribution in [1.29, 1.82) is 0 Å². The van der Waals surface area contributed by atoms with Crippen molar-refractivity contribution < 1.29 is 4.79 Å². The molecular formula is C18H19ClN4O. The summed E-state index contributed by atoms with van der Waals surface area (Å²) in [4.78, 5) is 16.9. The molecule has 0 aliphatic carbocycles. The maximum absolute atomic E-state index is 12.5. The zero-order valence-electron chi connectivity index (χ0n) is 13.8. The van der Waals surface area contributed by atoms with Gasteiger partial charge in [0.05, 0.1) is 17.8 Å². The molecule has 24 heavy (non-hydrogen) atoms. The Balaban J connectivity index is 1.79. The van der Waals surface area contributed by atoms with Crippen molar-refractivity contribution >= 4 is 28.5 Å². The first-order chi connectivity index (χ1) is 11.5. The smallest absolute Gasteiger partial charge is 0.253 e. The fraction of sp³-hybridized carbons (Fsp3) is 0.278. The van der Waals surface area contributed by atoms with Gasteiger partial charge in [-0.05, 0) is 44.5 Å². The molecule has 2 heterocycles. The Morgan fingerprint density at radius 3 is 2.54 bits per heavy atom. The Bertz CT molecular complexity index is 870. The lowest BCUT2D eigenvalue weighted by Crippen LogP contribution is -2.26. The van der Waals surface area contributed by atoms with Crippen LogP contribution in [0.2, 0.25) is 5.02 Å². The van der Waals surface area contributed by atoms with Gasteiger partial charge in [0.2, 0.25) is 0 Å². The lowest BCUT2D eigenvalue weighted by Gasteiger charge is -2.14. The number of benzene rings is 1. The number of rotatable bonds is 4. The monoisotopic (exact) mass is 342 g/mol. The number of fused-ring (bicyclic) bond motifs is 1. The van der Waals surface area contributed by atoms with Crippen LogP contribution in [-0.4, -0.2) is 20.7 Å². The summed E-state index contributed by atoms with van der Waals surface area (Å²) in [7, 11) is 0. The van der Waals surface area contributed by atoms with E-state index in [0.717, 1.165) is 16.6 Å². The minimum Gasteiger partial charge on any atom is -0.345 e. The number of carbonyl (C=O) groups excluding carboxylic acids is 1. The van der Waals surface area contributed by atoms with Crippen molar-refractivity contribution in [3.05, 3.63) is 58.9 Å². The van der Waals surface area contributed by atoms with E-state index in [-0.39, 0.29) is 18.0 Å². The minimum absolute atomic E-state index is 0.121. The summed E-state index contributed by atoms with van der Waals surface area (Å²) < 4.78 is 1.84. The number of amides is 1. The van der Waals surface area contributed by atoms with E-state index in [1.807, 2.05) is 55.8 Å². The third-order valence-corrected chi connectivity index (χ3v) is 4.15. The number of nitrogens with one attached hydrogen (secondary N) is 1. The van der Waals surface area contributed by atoms with Crippen LogP contribution in [-0.2, 0) is 0 Å². The van der Waals surface area contributed by atoms with Crippen LogP contribution < -0.4 is 5.32 Å². The summed E-state index contributed by atoms with van der Waals surface area (Å²) >= 11 is 5.89. The summed E-state index contributed by atoms with van der Waals surface area (Å²) in [5.74, 6) is -0.163. The summed E-state index contributed by atoms with van der Waals surface area (Å²) in [5, 5.41) is 8.83. The number of hydrogen-bond acceptors (Lipinski definition) is 3. The second-order valence-corrected chi connectivity index (χ2v) is 6.50. The van der Waals surface area contributed by atoms with Crippen molar-refractivity contribution in [3.8, 4) is 0 Å². The summed E-state index contributed by atoms with van der Waals surface area (Å²) in [6.07, 6.45) is 3.33. The van der Waals surface area contributed by atoms with Crippen molar-refractivity contribution in [2.75, 3.05) is 0 Å². The molecule has 3 aromatic rings. The van der Waals surface area contributed by atoms with Crippen LogP contribution in [0.15, 0.2) is 42.7 Å². The first-order valence-electron chi connectivity index (χ1n) is 7.85. The summed E-state index contributed by atoms with van der Waals surface area (Å²) in [5.41, 5.74) is 2.30. The minimum atomic E-state index is -0.163. The quantitative estimate of drug-likeness (QED) is 0.774. The van der Waals surface area contributed by atoms with Gasteiger partial charge in [0.15, 0.2) is 5.65 Å². The molecule has 0 saturated heterocycles. The highest BCUT2D eigenvalue weighted by molar-refractivity contribution is 6.30. The molecular weight excluding hydrogens is 324 g/mol. The van der Waals surface area contributed by atoms with Gasteiger partial charge in [-0.25, -0.2) is 9.67 Å². The van der Waals surface area contributed by atoms with Gasteiger partial charge >= 0.3 is 0 Å². The molecule has 0 spiro atoms. The maximum Gasteiger partial charge on any atom is 0.253 e. The molecule has 0 radical (unpaired) electrons. The molecule has 1 N–H and O–H groups in total. The molecule has 0 fully saturated rings. The predicted molar refractivity (Wildman–Crippen MR) is 95.2 cm³/mol. The maximum atomic E-state index is 12.5. The molecule has 6 heteroatoms. The first-order valence-corrected chi connectivity index (χ1v) is 8.23. The van der Waals surface area contributed by atoms with E-state index in [1.165, 1.54) is 0 Å². The molecule has 1 atom stereocenters. The average molecular weight is 343 g/mol. The van der Waals surface area contributed by atoms with E-state index in [4.69, 9.17) is 11.6 Å². The number of hydrogen-bond donors (Lipinski definition) is 1. The molecule has 0 unspecified atom stereocenters. The van der Waals surface area contributed by atoms with Crippen molar-refractivity contribution in [2.24, 2.45) is 0 Å². The average Bonchev–Trinajstić information content (AvgIpc) is 2.98. The topological polar surface area (TPSA) is 59.8 Å². The van der Waals surface area contributed by atoms with E-state index < -0.39 is 0 Å². The van der Waals surface area contributed by atoms with Crippen LogP contribution >= 0.6 is 11.6 Å². The van der Waals surface area contributed by atoms with Crippen LogP contribution in [0.1, 0.15) is 48.8 Å².